The number of carbonyl (C=O) groups excluding carboxylic acids is 2. The molecule has 0 heterocycles. The number of ether oxygens (including phenoxy) is 2. The average molecular weight is 357 g/mol. The van der Waals surface area contributed by atoms with Crippen molar-refractivity contribution in [1.82, 2.24) is 5.32 Å². The lowest BCUT2D eigenvalue weighted by atomic mass is 10.1. The minimum Gasteiger partial charge on any atom is -0.467 e. The minimum atomic E-state index is -3.29. The molecule has 7 nitrogen and oxygen atoms in total. The van der Waals surface area contributed by atoms with Crippen LogP contribution in [0.25, 0.3) is 0 Å². The molecule has 0 spiro atoms. The standard InChI is InChI=1S/C16H23NO6S/c1-16(2,3)23-15(19)17-13(14(18)22-4)10-11-6-8-12(9-7-11)24(5,20)21/h6-9,13H,10H2,1-5H3,(H,17,19)/t13-/m0/s1. The van der Waals surface area contributed by atoms with Crippen molar-refractivity contribution in [2.24, 2.45) is 0 Å². The number of sulfone groups is 1. The molecule has 0 aliphatic carbocycles. The fraction of sp³-hybridized carbons (Fsp3) is 0.500. The van der Waals surface area contributed by atoms with Gasteiger partial charge in [0.15, 0.2) is 9.84 Å². The Kier molecular flexibility index (Phi) is 6.36. The van der Waals surface area contributed by atoms with E-state index in [0.717, 1.165) is 6.26 Å². The molecule has 1 aromatic rings. The van der Waals surface area contributed by atoms with E-state index < -0.39 is 33.5 Å². The van der Waals surface area contributed by atoms with Gasteiger partial charge >= 0.3 is 12.1 Å². The van der Waals surface area contributed by atoms with Crippen LogP contribution in [0.3, 0.4) is 0 Å². The molecule has 0 saturated carbocycles. The van der Waals surface area contributed by atoms with Crippen molar-refractivity contribution in [3.63, 3.8) is 0 Å². The highest BCUT2D eigenvalue weighted by Crippen LogP contribution is 2.13. The van der Waals surface area contributed by atoms with Crippen molar-refractivity contribution in [2.75, 3.05) is 13.4 Å². The van der Waals surface area contributed by atoms with Gasteiger partial charge in [0.25, 0.3) is 0 Å². The topological polar surface area (TPSA) is 98.8 Å². The summed E-state index contributed by atoms with van der Waals surface area (Å²) < 4.78 is 32.7. The number of hydrogen-bond acceptors (Lipinski definition) is 6. The molecule has 134 valence electrons. The van der Waals surface area contributed by atoms with Crippen LogP contribution in [0.15, 0.2) is 29.2 Å². The lowest BCUT2D eigenvalue weighted by Gasteiger charge is -2.22. The molecule has 0 radical (unpaired) electrons. The monoisotopic (exact) mass is 357 g/mol. The van der Waals surface area contributed by atoms with E-state index >= 15 is 0 Å². The molecule has 0 bridgehead atoms. The minimum absolute atomic E-state index is 0.149. The Balaban J connectivity index is 2.87. The Morgan fingerprint density at radius 3 is 2.12 bits per heavy atom. The molecule has 1 atom stereocenters. The third-order valence-electron chi connectivity index (χ3n) is 2.97. The lowest BCUT2D eigenvalue weighted by Crippen LogP contribution is -2.45. The van der Waals surface area contributed by atoms with E-state index in [1.54, 1.807) is 32.9 Å². The lowest BCUT2D eigenvalue weighted by molar-refractivity contribution is -0.143. The number of nitrogens with one attached hydrogen (secondary N) is 1. The van der Waals surface area contributed by atoms with Crippen LogP contribution in [0.2, 0.25) is 0 Å². The van der Waals surface area contributed by atoms with Gasteiger partial charge in [-0.1, -0.05) is 12.1 Å². The van der Waals surface area contributed by atoms with Crippen LogP contribution in [0.4, 0.5) is 4.79 Å². The van der Waals surface area contributed by atoms with Crippen LogP contribution in [0.1, 0.15) is 26.3 Å². The Hall–Kier alpha value is -2.09. The number of esters is 1. The molecule has 1 N–H and O–H groups in total. The van der Waals surface area contributed by atoms with Crippen LogP contribution in [0.5, 0.6) is 0 Å². The zero-order valence-electron chi connectivity index (χ0n) is 14.5. The number of amides is 1. The van der Waals surface area contributed by atoms with Crippen molar-refractivity contribution >= 4 is 21.9 Å². The van der Waals surface area contributed by atoms with Gasteiger partial charge in [-0.15, -0.1) is 0 Å². The Morgan fingerprint density at radius 1 is 1.17 bits per heavy atom. The number of alkyl carbamates (subject to hydrolysis) is 1. The Bertz CT molecular complexity index is 688. The molecular formula is C16H23NO6S. The van der Waals surface area contributed by atoms with Gasteiger partial charge in [0.05, 0.1) is 12.0 Å². The van der Waals surface area contributed by atoms with Gasteiger partial charge in [-0.2, -0.15) is 0 Å². The van der Waals surface area contributed by atoms with E-state index in [2.05, 4.69) is 10.1 Å². The maximum atomic E-state index is 11.9. The second kappa shape index (κ2) is 7.65. The van der Waals surface area contributed by atoms with Crippen LogP contribution in [0, 0.1) is 0 Å². The number of benzene rings is 1. The molecule has 8 heteroatoms. The van der Waals surface area contributed by atoms with Gasteiger partial charge in [-0.3, -0.25) is 0 Å². The first-order chi connectivity index (χ1) is 10.9. The molecule has 0 aromatic heterocycles. The largest absolute Gasteiger partial charge is 0.467 e. The second-order valence-electron chi connectivity index (χ2n) is 6.34. The smallest absolute Gasteiger partial charge is 0.408 e. The summed E-state index contributed by atoms with van der Waals surface area (Å²) in [6.45, 7) is 5.14. The summed E-state index contributed by atoms with van der Waals surface area (Å²) in [5.74, 6) is -0.618. The summed E-state index contributed by atoms with van der Waals surface area (Å²) in [5.41, 5.74) is -0.0177. The molecule has 1 aromatic carbocycles. The van der Waals surface area contributed by atoms with Gasteiger partial charge in [0.1, 0.15) is 11.6 Å². The van der Waals surface area contributed by atoms with Crippen LogP contribution in [-0.4, -0.2) is 45.5 Å². The summed E-state index contributed by atoms with van der Waals surface area (Å²) in [7, 11) is -2.07. The van der Waals surface area contributed by atoms with Crippen LogP contribution >= 0.6 is 0 Å². The maximum absolute atomic E-state index is 11.9. The highest BCUT2D eigenvalue weighted by molar-refractivity contribution is 7.90. The molecule has 0 aliphatic rings. The van der Waals surface area contributed by atoms with Crippen LogP contribution in [-0.2, 0) is 30.5 Å². The van der Waals surface area contributed by atoms with E-state index in [4.69, 9.17) is 4.74 Å². The first kappa shape index (κ1) is 20.0. The van der Waals surface area contributed by atoms with Crippen molar-refractivity contribution in [3.8, 4) is 0 Å². The van der Waals surface area contributed by atoms with Gasteiger partial charge in [0, 0.05) is 12.7 Å². The third kappa shape index (κ3) is 6.57. The van der Waals surface area contributed by atoms with Crippen molar-refractivity contribution in [1.29, 1.82) is 0 Å². The summed E-state index contributed by atoms with van der Waals surface area (Å²) in [6, 6.07) is 5.14. The first-order valence-electron chi connectivity index (χ1n) is 7.29. The SMILES string of the molecule is COC(=O)[C@H](Cc1ccc(S(C)(=O)=O)cc1)NC(=O)OC(C)(C)C. The molecule has 0 aliphatic heterocycles. The van der Waals surface area contributed by atoms with E-state index in [9.17, 15) is 18.0 Å². The third-order valence-corrected chi connectivity index (χ3v) is 4.10. The quantitative estimate of drug-likeness (QED) is 0.805. The molecule has 24 heavy (non-hydrogen) atoms. The average Bonchev–Trinajstić information content (AvgIpc) is 2.43. The van der Waals surface area contributed by atoms with Gasteiger partial charge < -0.3 is 14.8 Å². The highest BCUT2D eigenvalue weighted by atomic mass is 32.2. The van der Waals surface area contributed by atoms with E-state index in [-0.39, 0.29) is 11.3 Å². The summed E-state index contributed by atoms with van der Waals surface area (Å²) >= 11 is 0. The van der Waals surface area contributed by atoms with Gasteiger partial charge in [-0.25, -0.2) is 18.0 Å². The van der Waals surface area contributed by atoms with Crippen molar-refractivity contribution in [2.45, 2.75) is 43.7 Å². The molecule has 1 amide bonds. The van der Waals surface area contributed by atoms with Crippen LogP contribution < -0.4 is 5.32 Å². The summed E-state index contributed by atoms with van der Waals surface area (Å²) in [4.78, 5) is 23.9. The Labute approximate surface area is 142 Å². The first-order valence-corrected chi connectivity index (χ1v) is 9.18. The fourth-order valence-corrected chi connectivity index (χ4v) is 2.52. The molecular weight excluding hydrogens is 334 g/mol. The van der Waals surface area contributed by atoms with Gasteiger partial charge in [-0.05, 0) is 38.5 Å². The van der Waals surface area contributed by atoms with Gasteiger partial charge in [0.2, 0.25) is 0 Å². The maximum Gasteiger partial charge on any atom is 0.408 e. The zero-order valence-corrected chi connectivity index (χ0v) is 15.3. The number of carbonyl (C=O) groups is 2. The van der Waals surface area contributed by atoms with Crippen molar-refractivity contribution in [3.05, 3.63) is 29.8 Å². The number of rotatable bonds is 5. The second-order valence-corrected chi connectivity index (χ2v) is 8.36. The Morgan fingerprint density at radius 2 is 1.71 bits per heavy atom. The number of methoxy groups -OCH3 is 1. The molecule has 0 fully saturated rings. The van der Waals surface area contributed by atoms with Crippen molar-refractivity contribution < 1.29 is 27.5 Å². The zero-order chi connectivity index (χ0) is 18.5. The summed E-state index contributed by atoms with van der Waals surface area (Å²) in [6.07, 6.45) is 0.532. The predicted octanol–water partition coefficient (Wildman–Crippen LogP) is 1.70. The summed E-state index contributed by atoms with van der Waals surface area (Å²) in [5, 5.41) is 2.46. The van der Waals surface area contributed by atoms with E-state index in [1.165, 1.54) is 19.2 Å². The predicted molar refractivity (Wildman–Crippen MR) is 88.4 cm³/mol. The molecule has 1 rings (SSSR count). The molecule has 0 saturated heterocycles. The highest BCUT2D eigenvalue weighted by Gasteiger charge is 2.25. The van der Waals surface area contributed by atoms with E-state index in [0.29, 0.717) is 5.56 Å². The normalized spacial score (nSPS) is 13.0. The molecule has 0 unspecified atom stereocenters. The van der Waals surface area contributed by atoms with E-state index in [1.807, 2.05) is 0 Å². The fourth-order valence-electron chi connectivity index (χ4n) is 1.89. The number of hydrogen-bond donors (Lipinski definition) is 1.